The Morgan fingerprint density at radius 1 is 1.26 bits per heavy atom. The summed E-state index contributed by atoms with van der Waals surface area (Å²) in [4.78, 5) is 28.1. The molecule has 0 aromatic carbocycles. The molecule has 142 valence electrons. The molecule has 2 aliphatic rings. The summed E-state index contributed by atoms with van der Waals surface area (Å²) in [7, 11) is 1.61. The molecular weight excluding hydrogens is 342 g/mol. The number of amides is 1. The number of hydrogen-bond donors (Lipinski definition) is 1. The standard InChI is InChI=1S/C20H25N5O2/c1-3-13-9-21-20(22-10-13)23-11-14-8-16-17(24-18(14)27-2)12-25(19(16)26)15-6-4-5-7-15/h8-10,15H,3-7,11-12H2,1-2H3,(H,21,22,23). The first-order valence-electron chi connectivity index (χ1n) is 9.62. The van der Waals surface area contributed by atoms with Crippen LogP contribution in [0.1, 0.15) is 59.8 Å². The molecule has 0 unspecified atom stereocenters. The second kappa shape index (κ2) is 7.50. The van der Waals surface area contributed by atoms with E-state index in [-0.39, 0.29) is 5.91 Å². The van der Waals surface area contributed by atoms with Gasteiger partial charge in [-0.15, -0.1) is 0 Å². The third kappa shape index (κ3) is 3.46. The number of rotatable bonds is 6. The zero-order valence-corrected chi connectivity index (χ0v) is 15.9. The van der Waals surface area contributed by atoms with Crippen molar-refractivity contribution in [3.63, 3.8) is 0 Å². The van der Waals surface area contributed by atoms with E-state index in [0.717, 1.165) is 36.1 Å². The molecule has 2 aromatic rings. The summed E-state index contributed by atoms with van der Waals surface area (Å²) in [6.45, 7) is 3.11. The Balaban J connectivity index is 1.53. The summed E-state index contributed by atoms with van der Waals surface area (Å²) >= 11 is 0. The van der Waals surface area contributed by atoms with Crippen molar-refractivity contribution in [3.8, 4) is 5.88 Å². The van der Waals surface area contributed by atoms with Crippen LogP contribution in [0.5, 0.6) is 5.88 Å². The van der Waals surface area contributed by atoms with E-state index in [0.29, 0.717) is 36.5 Å². The van der Waals surface area contributed by atoms with E-state index in [1.807, 2.05) is 23.4 Å². The fraction of sp³-hybridized carbons (Fsp3) is 0.500. The Labute approximate surface area is 159 Å². The van der Waals surface area contributed by atoms with Gasteiger partial charge in [-0.05, 0) is 30.9 Å². The molecule has 7 heteroatoms. The molecular formula is C20H25N5O2. The molecule has 27 heavy (non-hydrogen) atoms. The van der Waals surface area contributed by atoms with Crippen LogP contribution in [0.4, 0.5) is 5.95 Å². The second-order valence-electron chi connectivity index (χ2n) is 7.14. The van der Waals surface area contributed by atoms with Crippen molar-refractivity contribution in [2.75, 3.05) is 12.4 Å². The van der Waals surface area contributed by atoms with E-state index in [1.165, 1.54) is 12.8 Å². The van der Waals surface area contributed by atoms with E-state index < -0.39 is 0 Å². The molecule has 0 bridgehead atoms. The van der Waals surface area contributed by atoms with E-state index in [1.54, 1.807) is 7.11 Å². The summed E-state index contributed by atoms with van der Waals surface area (Å²) in [5, 5.41) is 3.19. The van der Waals surface area contributed by atoms with Crippen LogP contribution in [-0.4, -0.2) is 38.9 Å². The SMILES string of the molecule is CCc1cnc(NCc2cc3c(nc2OC)CN(C2CCCC2)C3=O)nc1. The molecule has 1 N–H and O–H groups in total. The van der Waals surface area contributed by atoms with Gasteiger partial charge in [-0.1, -0.05) is 19.8 Å². The molecule has 1 saturated carbocycles. The molecule has 1 fully saturated rings. The molecule has 3 heterocycles. The first kappa shape index (κ1) is 17.7. The summed E-state index contributed by atoms with van der Waals surface area (Å²) < 4.78 is 5.47. The maximum absolute atomic E-state index is 12.9. The summed E-state index contributed by atoms with van der Waals surface area (Å²) in [6.07, 6.45) is 9.13. The topological polar surface area (TPSA) is 80.2 Å². The van der Waals surface area contributed by atoms with Crippen molar-refractivity contribution in [2.24, 2.45) is 0 Å². The van der Waals surface area contributed by atoms with Gasteiger partial charge in [0.15, 0.2) is 0 Å². The van der Waals surface area contributed by atoms with E-state index in [2.05, 4.69) is 27.2 Å². The highest BCUT2D eigenvalue weighted by atomic mass is 16.5. The fourth-order valence-electron chi connectivity index (χ4n) is 3.88. The van der Waals surface area contributed by atoms with Crippen molar-refractivity contribution in [1.82, 2.24) is 19.9 Å². The van der Waals surface area contributed by atoms with Crippen molar-refractivity contribution < 1.29 is 9.53 Å². The smallest absolute Gasteiger partial charge is 0.256 e. The molecule has 0 atom stereocenters. The van der Waals surface area contributed by atoms with Crippen molar-refractivity contribution in [1.29, 1.82) is 0 Å². The van der Waals surface area contributed by atoms with Gasteiger partial charge < -0.3 is 15.0 Å². The van der Waals surface area contributed by atoms with Gasteiger partial charge in [-0.25, -0.2) is 15.0 Å². The Bertz CT molecular complexity index is 831. The molecule has 1 aliphatic carbocycles. The quantitative estimate of drug-likeness (QED) is 0.845. The number of nitrogens with one attached hydrogen (secondary N) is 1. The van der Waals surface area contributed by atoms with Crippen LogP contribution in [0.15, 0.2) is 18.5 Å². The highest BCUT2D eigenvalue weighted by molar-refractivity contribution is 5.98. The average Bonchev–Trinajstić information content (AvgIpc) is 3.34. The van der Waals surface area contributed by atoms with Gasteiger partial charge in [0, 0.05) is 30.5 Å². The number of anilines is 1. The Morgan fingerprint density at radius 3 is 2.67 bits per heavy atom. The number of aryl methyl sites for hydroxylation is 1. The number of hydrogen-bond acceptors (Lipinski definition) is 6. The maximum atomic E-state index is 12.9. The van der Waals surface area contributed by atoms with E-state index in [4.69, 9.17) is 4.74 Å². The lowest BCUT2D eigenvalue weighted by atomic mass is 10.1. The minimum Gasteiger partial charge on any atom is -0.481 e. The molecule has 4 rings (SSSR count). The van der Waals surface area contributed by atoms with E-state index >= 15 is 0 Å². The molecule has 2 aromatic heterocycles. The number of fused-ring (bicyclic) bond motifs is 1. The lowest BCUT2D eigenvalue weighted by Crippen LogP contribution is -2.33. The number of methoxy groups -OCH3 is 1. The van der Waals surface area contributed by atoms with Gasteiger partial charge in [0.1, 0.15) is 0 Å². The van der Waals surface area contributed by atoms with Crippen LogP contribution in [0.25, 0.3) is 0 Å². The number of pyridine rings is 1. The van der Waals surface area contributed by atoms with Crippen LogP contribution in [0, 0.1) is 0 Å². The fourth-order valence-corrected chi connectivity index (χ4v) is 3.88. The third-order valence-corrected chi connectivity index (χ3v) is 5.46. The van der Waals surface area contributed by atoms with Gasteiger partial charge in [0.05, 0.1) is 24.9 Å². The summed E-state index contributed by atoms with van der Waals surface area (Å²) in [6, 6.07) is 2.26. The van der Waals surface area contributed by atoms with Gasteiger partial charge in [-0.2, -0.15) is 0 Å². The van der Waals surface area contributed by atoms with Crippen molar-refractivity contribution >= 4 is 11.9 Å². The lowest BCUT2D eigenvalue weighted by Gasteiger charge is -2.22. The molecule has 1 aliphatic heterocycles. The number of aromatic nitrogens is 3. The van der Waals surface area contributed by atoms with Gasteiger partial charge in [-0.3, -0.25) is 4.79 Å². The minimum absolute atomic E-state index is 0.0943. The Morgan fingerprint density at radius 2 is 2.00 bits per heavy atom. The first-order chi connectivity index (χ1) is 13.2. The molecule has 0 saturated heterocycles. The second-order valence-corrected chi connectivity index (χ2v) is 7.14. The Kier molecular flexibility index (Phi) is 4.92. The largest absolute Gasteiger partial charge is 0.481 e. The van der Waals surface area contributed by atoms with Crippen molar-refractivity contribution in [2.45, 2.75) is 58.2 Å². The monoisotopic (exact) mass is 367 g/mol. The van der Waals surface area contributed by atoms with Crippen LogP contribution in [-0.2, 0) is 19.5 Å². The zero-order chi connectivity index (χ0) is 18.8. The number of ether oxygens (including phenoxy) is 1. The zero-order valence-electron chi connectivity index (χ0n) is 15.9. The minimum atomic E-state index is 0.0943. The number of nitrogens with zero attached hydrogens (tertiary/aromatic N) is 4. The molecule has 0 radical (unpaired) electrons. The highest BCUT2D eigenvalue weighted by Crippen LogP contribution is 2.33. The predicted molar refractivity (Wildman–Crippen MR) is 102 cm³/mol. The predicted octanol–water partition coefficient (Wildman–Crippen LogP) is 2.95. The van der Waals surface area contributed by atoms with Crippen LogP contribution in [0.2, 0.25) is 0 Å². The van der Waals surface area contributed by atoms with Crippen LogP contribution < -0.4 is 10.1 Å². The molecule has 7 nitrogen and oxygen atoms in total. The van der Waals surface area contributed by atoms with E-state index in [9.17, 15) is 4.79 Å². The van der Waals surface area contributed by atoms with Crippen LogP contribution in [0.3, 0.4) is 0 Å². The summed E-state index contributed by atoms with van der Waals surface area (Å²) in [5.41, 5.74) is 3.44. The van der Waals surface area contributed by atoms with Gasteiger partial charge in [0.2, 0.25) is 11.8 Å². The Hall–Kier alpha value is -2.70. The average molecular weight is 367 g/mol. The summed E-state index contributed by atoms with van der Waals surface area (Å²) in [5.74, 6) is 1.19. The first-order valence-corrected chi connectivity index (χ1v) is 9.62. The third-order valence-electron chi connectivity index (χ3n) is 5.46. The molecule has 0 spiro atoms. The lowest BCUT2D eigenvalue weighted by molar-refractivity contribution is 0.0706. The normalized spacial score (nSPS) is 16.7. The van der Waals surface area contributed by atoms with Crippen LogP contribution >= 0.6 is 0 Å². The number of carbonyl (C=O) groups excluding carboxylic acids is 1. The maximum Gasteiger partial charge on any atom is 0.256 e. The number of carbonyl (C=O) groups is 1. The van der Waals surface area contributed by atoms with Crippen molar-refractivity contribution in [3.05, 3.63) is 40.8 Å². The van der Waals surface area contributed by atoms with Gasteiger partial charge >= 0.3 is 0 Å². The molecule has 1 amide bonds. The van der Waals surface area contributed by atoms with Gasteiger partial charge in [0.25, 0.3) is 5.91 Å². The highest BCUT2D eigenvalue weighted by Gasteiger charge is 2.35.